The van der Waals surface area contributed by atoms with Crippen molar-refractivity contribution in [3.63, 3.8) is 0 Å². The summed E-state index contributed by atoms with van der Waals surface area (Å²) in [7, 11) is 3.99. The van der Waals surface area contributed by atoms with E-state index in [1.807, 2.05) is 43.3 Å². The van der Waals surface area contributed by atoms with E-state index in [4.69, 9.17) is 5.73 Å². The summed E-state index contributed by atoms with van der Waals surface area (Å²) in [5.41, 5.74) is 8.25. The number of thiazole rings is 1. The molecule has 0 fully saturated rings. The molecule has 2 N–H and O–H groups in total. The van der Waals surface area contributed by atoms with Crippen molar-refractivity contribution in [3.05, 3.63) is 35.0 Å². The summed E-state index contributed by atoms with van der Waals surface area (Å²) < 4.78 is 0. The molecule has 2 aromatic rings. The lowest BCUT2D eigenvalue weighted by Crippen LogP contribution is -2.07. The molecule has 0 unspecified atom stereocenters. The smallest absolute Gasteiger partial charge is 0.179 e. The van der Waals surface area contributed by atoms with Crippen LogP contribution in [0.15, 0.2) is 24.3 Å². The van der Waals surface area contributed by atoms with Gasteiger partial charge in [-0.2, -0.15) is 0 Å². The Morgan fingerprint density at radius 2 is 1.95 bits per heavy atom. The first-order valence-corrected chi connectivity index (χ1v) is 6.83. The topological polar surface area (TPSA) is 59.2 Å². The van der Waals surface area contributed by atoms with Crippen LogP contribution in [0.4, 0.5) is 5.69 Å². The third-order valence-corrected chi connectivity index (χ3v) is 3.95. The highest BCUT2D eigenvalue weighted by Gasteiger charge is 2.15. The second-order valence-electron chi connectivity index (χ2n) is 4.49. The predicted octanol–water partition coefficient (Wildman–Crippen LogP) is 2.54. The molecule has 0 saturated carbocycles. The van der Waals surface area contributed by atoms with E-state index in [2.05, 4.69) is 4.98 Å². The Kier molecular flexibility index (Phi) is 3.97. The van der Waals surface area contributed by atoms with Crippen molar-refractivity contribution in [2.24, 2.45) is 5.73 Å². The zero-order valence-corrected chi connectivity index (χ0v) is 12.1. The summed E-state index contributed by atoms with van der Waals surface area (Å²) >= 11 is 1.48. The van der Waals surface area contributed by atoms with Gasteiger partial charge in [0.1, 0.15) is 10.7 Å². The van der Waals surface area contributed by atoms with Crippen molar-refractivity contribution in [2.45, 2.75) is 13.5 Å². The van der Waals surface area contributed by atoms with E-state index in [0.29, 0.717) is 12.2 Å². The lowest BCUT2D eigenvalue weighted by Gasteiger charge is -2.12. The van der Waals surface area contributed by atoms with Gasteiger partial charge in [0.25, 0.3) is 0 Å². The summed E-state index contributed by atoms with van der Waals surface area (Å²) in [6.07, 6.45) is 0. The fourth-order valence-corrected chi connectivity index (χ4v) is 2.79. The van der Waals surface area contributed by atoms with E-state index in [1.165, 1.54) is 18.3 Å². The maximum absolute atomic E-state index is 11.6. The molecule has 0 spiro atoms. The Morgan fingerprint density at radius 3 is 2.42 bits per heavy atom. The molecule has 19 heavy (non-hydrogen) atoms. The van der Waals surface area contributed by atoms with Crippen LogP contribution in [0.1, 0.15) is 22.4 Å². The van der Waals surface area contributed by atoms with Crippen LogP contribution < -0.4 is 10.6 Å². The standard InChI is InChI=1S/C14H17N3OS/c1-9(18)13-14(19-12(8-15)16-13)10-4-6-11(7-5-10)17(2)3/h4-7H,8,15H2,1-3H3. The van der Waals surface area contributed by atoms with Gasteiger partial charge in [0.2, 0.25) is 0 Å². The Morgan fingerprint density at radius 1 is 1.32 bits per heavy atom. The zero-order valence-electron chi connectivity index (χ0n) is 11.3. The molecule has 0 saturated heterocycles. The first-order chi connectivity index (χ1) is 9.02. The predicted molar refractivity (Wildman–Crippen MR) is 79.8 cm³/mol. The molecule has 100 valence electrons. The fraction of sp³-hybridized carbons (Fsp3) is 0.286. The molecule has 2 rings (SSSR count). The summed E-state index contributed by atoms with van der Waals surface area (Å²) in [4.78, 5) is 18.9. The van der Waals surface area contributed by atoms with Gasteiger partial charge in [0, 0.05) is 33.3 Å². The van der Waals surface area contributed by atoms with Gasteiger partial charge in [0.05, 0.1) is 4.88 Å². The van der Waals surface area contributed by atoms with Crippen LogP contribution in [0, 0.1) is 0 Å². The van der Waals surface area contributed by atoms with E-state index in [1.54, 1.807) is 0 Å². The van der Waals surface area contributed by atoms with Gasteiger partial charge in [-0.3, -0.25) is 4.79 Å². The summed E-state index contributed by atoms with van der Waals surface area (Å²) in [5.74, 6) is -0.0253. The number of anilines is 1. The Bertz CT molecular complexity index is 587. The first kappa shape index (κ1) is 13.7. The number of ketones is 1. The van der Waals surface area contributed by atoms with Crippen LogP contribution in [-0.4, -0.2) is 24.9 Å². The van der Waals surface area contributed by atoms with Crippen molar-refractivity contribution >= 4 is 22.8 Å². The molecule has 0 bridgehead atoms. The molecule has 4 nitrogen and oxygen atoms in total. The van der Waals surface area contributed by atoms with Crippen molar-refractivity contribution in [3.8, 4) is 10.4 Å². The lowest BCUT2D eigenvalue weighted by molar-refractivity contribution is 0.101. The molecule has 0 amide bonds. The van der Waals surface area contributed by atoms with Crippen molar-refractivity contribution in [1.29, 1.82) is 0 Å². The van der Waals surface area contributed by atoms with E-state index >= 15 is 0 Å². The van der Waals surface area contributed by atoms with Gasteiger partial charge < -0.3 is 10.6 Å². The van der Waals surface area contributed by atoms with Crippen LogP contribution in [0.3, 0.4) is 0 Å². The summed E-state index contributed by atoms with van der Waals surface area (Å²) in [6, 6.07) is 8.08. The minimum atomic E-state index is -0.0253. The molecular formula is C14H17N3OS. The minimum absolute atomic E-state index is 0.0253. The van der Waals surface area contributed by atoms with Gasteiger partial charge in [-0.05, 0) is 17.7 Å². The molecule has 1 aromatic heterocycles. The molecule has 0 aliphatic carbocycles. The van der Waals surface area contributed by atoms with Gasteiger partial charge in [-0.25, -0.2) is 4.98 Å². The second-order valence-corrected chi connectivity index (χ2v) is 5.57. The largest absolute Gasteiger partial charge is 0.378 e. The quantitative estimate of drug-likeness (QED) is 0.871. The second kappa shape index (κ2) is 5.50. The molecule has 1 heterocycles. The van der Waals surface area contributed by atoms with Gasteiger partial charge in [0.15, 0.2) is 5.78 Å². The van der Waals surface area contributed by atoms with Gasteiger partial charge in [-0.1, -0.05) is 12.1 Å². The summed E-state index contributed by atoms with van der Waals surface area (Å²) in [5, 5.41) is 0.789. The molecule has 0 atom stereocenters. The number of carbonyl (C=O) groups excluding carboxylic acids is 1. The van der Waals surface area contributed by atoms with E-state index in [-0.39, 0.29) is 5.78 Å². The summed E-state index contributed by atoms with van der Waals surface area (Å²) in [6.45, 7) is 1.90. The highest BCUT2D eigenvalue weighted by atomic mass is 32.1. The number of nitrogens with zero attached hydrogens (tertiary/aromatic N) is 2. The third kappa shape index (κ3) is 2.83. The van der Waals surface area contributed by atoms with Gasteiger partial charge in [-0.15, -0.1) is 11.3 Å². The van der Waals surface area contributed by atoms with Crippen LogP contribution in [-0.2, 0) is 6.54 Å². The lowest BCUT2D eigenvalue weighted by atomic mass is 10.1. The highest BCUT2D eigenvalue weighted by Crippen LogP contribution is 2.31. The number of rotatable bonds is 4. The highest BCUT2D eigenvalue weighted by molar-refractivity contribution is 7.15. The molecule has 0 aliphatic heterocycles. The number of hydrogen-bond acceptors (Lipinski definition) is 5. The maximum Gasteiger partial charge on any atom is 0.179 e. The SMILES string of the molecule is CC(=O)c1nc(CN)sc1-c1ccc(N(C)C)cc1. The molecular weight excluding hydrogens is 258 g/mol. The van der Waals surface area contributed by atoms with Crippen molar-refractivity contribution in [2.75, 3.05) is 19.0 Å². The van der Waals surface area contributed by atoms with E-state index in [9.17, 15) is 4.79 Å². The average molecular weight is 275 g/mol. The Balaban J connectivity index is 2.45. The molecule has 5 heteroatoms. The third-order valence-electron chi connectivity index (χ3n) is 2.83. The number of aromatic nitrogens is 1. The van der Waals surface area contributed by atoms with Crippen LogP contribution in [0.5, 0.6) is 0 Å². The normalized spacial score (nSPS) is 10.5. The van der Waals surface area contributed by atoms with Crippen LogP contribution in [0.2, 0.25) is 0 Å². The number of hydrogen-bond donors (Lipinski definition) is 1. The molecule has 1 aromatic carbocycles. The van der Waals surface area contributed by atoms with Crippen LogP contribution >= 0.6 is 11.3 Å². The van der Waals surface area contributed by atoms with Crippen molar-refractivity contribution in [1.82, 2.24) is 4.98 Å². The number of carbonyl (C=O) groups is 1. The van der Waals surface area contributed by atoms with E-state index in [0.717, 1.165) is 21.1 Å². The fourth-order valence-electron chi connectivity index (χ4n) is 1.80. The monoisotopic (exact) mass is 275 g/mol. The molecule has 0 aliphatic rings. The van der Waals surface area contributed by atoms with E-state index < -0.39 is 0 Å². The first-order valence-electron chi connectivity index (χ1n) is 6.01. The minimum Gasteiger partial charge on any atom is -0.378 e. The van der Waals surface area contributed by atoms with Gasteiger partial charge >= 0.3 is 0 Å². The van der Waals surface area contributed by atoms with Crippen LogP contribution in [0.25, 0.3) is 10.4 Å². The van der Waals surface area contributed by atoms with Crippen molar-refractivity contribution < 1.29 is 4.79 Å². The average Bonchev–Trinajstić information content (AvgIpc) is 2.83. The maximum atomic E-state index is 11.6. The number of Topliss-reactive ketones (excluding diaryl/α,β-unsaturated/α-hetero) is 1. The zero-order chi connectivity index (χ0) is 14.0. The Hall–Kier alpha value is -1.72. The number of benzene rings is 1. The number of nitrogens with two attached hydrogens (primary N) is 1. The Labute approximate surface area is 116 Å². The molecule has 0 radical (unpaired) electrons.